The molecular weight excluding hydrogens is 253 g/mol. The third-order valence-corrected chi connectivity index (χ3v) is 5.08. The van der Waals surface area contributed by atoms with Crippen LogP contribution in [0, 0.1) is 0 Å². The van der Waals surface area contributed by atoms with Crippen molar-refractivity contribution in [3.05, 3.63) is 0 Å². The van der Waals surface area contributed by atoms with Crippen molar-refractivity contribution in [1.82, 2.24) is 0 Å². The summed E-state index contributed by atoms with van der Waals surface area (Å²) in [6, 6.07) is 0. The van der Waals surface area contributed by atoms with Gasteiger partial charge in [-0.25, -0.2) is 0 Å². The first-order valence-electron chi connectivity index (χ1n) is 3.05. The Kier molecular flexibility index (Phi) is 5.66. The molecule has 0 N–H and O–H groups in total. The summed E-state index contributed by atoms with van der Waals surface area (Å²) < 4.78 is 9.37. The van der Waals surface area contributed by atoms with E-state index in [4.69, 9.17) is 0 Å². The number of isocyanates is 4. The fourth-order valence-corrected chi connectivity index (χ4v) is 2.80. The maximum atomic E-state index is 9.97. The summed E-state index contributed by atoms with van der Waals surface area (Å²) in [7, 11) is 0. The molecule has 70 valence electrons. The van der Waals surface area contributed by atoms with Gasteiger partial charge in [-0.15, -0.1) is 0 Å². The molecule has 8 nitrogen and oxygen atoms in total. The Morgan fingerprint density at radius 3 is 1.50 bits per heavy atom. The Bertz CT molecular complexity index is 350. The van der Waals surface area contributed by atoms with Gasteiger partial charge < -0.3 is 0 Å². The van der Waals surface area contributed by atoms with E-state index in [9.17, 15) is 19.2 Å². The third kappa shape index (κ3) is 3.64. The molecule has 0 spiro atoms. The van der Waals surface area contributed by atoms with Gasteiger partial charge in [0.1, 0.15) is 0 Å². The zero-order valence-electron chi connectivity index (χ0n) is 6.63. The van der Waals surface area contributed by atoms with Gasteiger partial charge in [0.25, 0.3) is 0 Å². The normalized spacial score (nSPS) is 11.7. The van der Waals surface area contributed by atoms with Crippen molar-refractivity contribution in [2.24, 2.45) is 16.8 Å². The number of hydrogen-bond donors (Lipinski definition) is 0. The van der Waals surface area contributed by atoms with Gasteiger partial charge in [-0.3, -0.25) is 0 Å². The number of hydrogen-bond acceptors (Lipinski definition) is 8. The Labute approximate surface area is 80.2 Å². The van der Waals surface area contributed by atoms with Gasteiger partial charge in [0.2, 0.25) is 0 Å². The van der Waals surface area contributed by atoms with Gasteiger partial charge in [0.15, 0.2) is 0 Å². The predicted molar refractivity (Wildman–Crippen MR) is 43.1 cm³/mol. The Morgan fingerprint density at radius 2 is 1.21 bits per heavy atom. The minimum absolute atomic E-state index is 0.427. The van der Waals surface area contributed by atoms with Crippen molar-refractivity contribution in [3.63, 3.8) is 0 Å². The molecule has 0 aromatic heterocycles. The van der Waals surface area contributed by atoms with Gasteiger partial charge in [-0.1, -0.05) is 0 Å². The van der Waals surface area contributed by atoms with Crippen LogP contribution in [0.3, 0.4) is 0 Å². The van der Waals surface area contributed by atoms with Gasteiger partial charge >= 0.3 is 79.6 Å². The number of aliphatic imine (C=N–C) groups is 1. The van der Waals surface area contributed by atoms with Gasteiger partial charge in [0, 0.05) is 0 Å². The molecule has 0 saturated carbocycles. The molecule has 0 fully saturated rings. The molecule has 0 rings (SSSR count). The topological polar surface area (TPSA) is 118 Å². The molecule has 0 atom stereocenters. The molecule has 0 aliphatic heterocycles. The van der Waals surface area contributed by atoms with Crippen molar-refractivity contribution in [1.29, 1.82) is 0 Å². The van der Waals surface area contributed by atoms with E-state index in [2.05, 4.69) is 16.8 Å². The average Bonchev–Trinajstić information content (AvgIpc) is 2.16. The SMILES string of the molecule is O=C=N[CH2][Ge]([N]=C=O)([N]=C=O)[N]=C=O. The Hall–Kier alpha value is -1.94. The predicted octanol–water partition coefficient (Wildman–Crippen LogP) is -1.19. The molecular formula is C5H2GeN4O4. The van der Waals surface area contributed by atoms with E-state index in [1.165, 1.54) is 0 Å². The first-order valence-corrected chi connectivity index (χ1v) is 7.35. The van der Waals surface area contributed by atoms with Crippen LogP contribution < -0.4 is 0 Å². The first kappa shape index (κ1) is 12.1. The van der Waals surface area contributed by atoms with E-state index in [1.807, 2.05) is 0 Å². The van der Waals surface area contributed by atoms with Crippen molar-refractivity contribution < 1.29 is 19.2 Å². The number of nitrogens with zero attached hydrogens (tertiary/aromatic N) is 4. The summed E-state index contributed by atoms with van der Waals surface area (Å²) in [4.78, 5) is 42.7. The van der Waals surface area contributed by atoms with E-state index in [0.29, 0.717) is 0 Å². The van der Waals surface area contributed by atoms with E-state index < -0.39 is 19.3 Å². The van der Waals surface area contributed by atoms with Crippen molar-refractivity contribution >= 4 is 38.3 Å². The number of carbonyl (C=O) groups excluding carboxylic acids is 4. The fourth-order valence-electron chi connectivity index (χ4n) is 0.539. The molecule has 0 radical (unpaired) electrons. The molecule has 9 heteroatoms. The van der Waals surface area contributed by atoms with E-state index in [1.54, 1.807) is 0 Å². The van der Waals surface area contributed by atoms with Crippen LogP contribution in [-0.4, -0.2) is 43.6 Å². The van der Waals surface area contributed by atoms with Crippen LogP contribution in [0.1, 0.15) is 0 Å². The Morgan fingerprint density at radius 1 is 0.786 bits per heavy atom. The molecule has 0 aliphatic carbocycles. The van der Waals surface area contributed by atoms with Crippen molar-refractivity contribution in [2.45, 2.75) is 0 Å². The molecule has 0 amide bonds. The van der Waals surface area contributed by atoms with Crippen LogP contribution >= 0.6 is 0 Å². The Balaban J connectivity index is 5.32. The van der Waals surface area contributed by atoms with Crippen LogP contribution in [0.15, 0.2) is 16.8 Å². The molecule has 0 aliphatic rings. The zero-order valence-corrected chi connectivity index (χ0v) is 8.73. The first-order chi connectivity index (χ1) is 6.74. The number of rotatable bonds is 5. The van der Waals surface area contributed by atoms with Crippen LogP contribution in [0.4, 0.5) is 0 Å². The quantitative estimate of drug-likeness (QED) is 0.348. The molecule has 0 unspecified atom stereocenters. The summed E-state index contributed by atoms with van der Waals surface area (Å²) in [6.07, 6.45) is 4.48. The third-order valence-electron chi connectivity index (χ3n) is 1.03. The molecule has 14 heavy (non-hydrogen) atoms. The summed E-state index contributed by atoms with van der Waals surface area (Å²) in [6.45, 7) is 0. The second-order valence-electron chi connectivity index (χ2n) is 1.79. The van der Waals surface area contributed by atoms with Crippen molar-refractivity contribution in [3.8, 4) is 0 Å². The van der Waals surface area contributed by atoms with E-state index in [0.717, 1.165) is 24.3 Å². The van der Waals surface area contributed by atoms with Crippen LogP contribution in [0.5, 0.6) is 0 Å². The monoisotopic (exact) mass is 256 g/mol. The summed E-state index contributed by atoms with van der Waals surface area (Å²) in [5, 5.41) is -0.427. The van der Waals surface area contributed by atoms with Crippen LogP contribution in [0.25, 0.3) is 0 Å². The van der Waals surface area contributed by atoms with E-state index in [-0.39, 0.29) is 0 Å². The summed E-state index contributed by atoms with van der Waals surface area (Å²) in [5.41, 5.74) is 0. The summed E-state index contributed by atoms with van der Waals surface area (Å²) >= 11 is -4.17. The molecule has 0 aromatic carbocycles. The fraction of sp³-hybridized carbons (Fsp3) is 0.200. The van der Waals surface area contributed by atoms with Crippen LogP contribution in [-0.2, 0) is 19.2 Å². The maximum absolute atomic E-state index is 9.97. The van der Waals surface area contributed by atoms with Crippen molar-refractivity contribution in [2.75, 3.05) is 5.38 Å². The minimum atomic E-state index is -4.17. The standard InChI is InChI=1S/C5H2GeN4O4/c11-2-7-1-6(8-3-12,9-4-13)10-5-14/h1H2. The van der Waals surface area contributed by atoms with Gasteiger partial charge in [0.05, 0.1) is 0 Å². The molecule has 0 bridgehead atoms. The second kappa shape index (κ2) is 6.56. The van der Waals surface area contributed by atoms with E-state index >= 15 is 0 Å². The average molecular weight is 255 g/mol. The van der Waals surface area contributed by atoms with Gasteiger partial charge in [-0.2, -0.15) is 0 Å². The summed E-state index contributed by atoms with van der Waals surface area (Å²) in [5.74, 6) is 0. The van der Waals surface area contributed by atoms with Crippen LogP contribution in [0.2, 0.25) is 0 Å². The molecule has 0 aromatic rings. The zero-order chi connectivity index (χ0) is 10.9. The molecule has 0 saturated heterocycles. The van der Waals surface area contributed by atoms with Gasteiger partial charge in [-0.05, 0) is 0 Å². The second-order valence-corrected chi connectivity index (χ2v) is 7.11. The molecule has 0 heterocycles.